The summed E-state index contributed by atoms with van der Waals surface area (Å²) in [5, 5.41) is 0.974. The van der Waals surface area contributed by atoms with E-state index in [1.165, 1.54) is 0 Å². The first-order valence-corrected chi connectivity index (χ1v) is 7.68. The molecule has 0 bridgehead atoms. The molecule has 5 heteroatoms. The number of nitrogens with zero attached hydrogens (tertiary/aromatic N) is 2. The largest absolute Gasteiger partial charge is 0.360 e. The minimum Gasteiger partial charge on any atom is -0.360 e. The second kappa shape index (κ2) is 5.93. The number of H-pyrrole nitrogens is 1. The Morgan fingerprint density at radius 2 is 1.82 bits per heavy atom. The number of para-hydroxylation sites is 1. The lowest BCUT2D eigenvalue weighted by Crippen LogP contribution is -2.52. The van der Waals surface area contributed by atoms with Crippen LogP contribution in [0, 0.1) is 0 Å². The molecule has 0 spiro atoms. The number of aromatic nitrogens is 1. The molecule has 1 atom stereocenters. The van der Waals surface area contributed by atoms with Crippen molar-refractivity contribution < 1.29 is 9.59 Å². The van der Waals surface area contributed by atoms with Gasteiger partial charge in [0.25, 0.3) is 0 Å². The molecule has 1 aromatic carbocycles. The van der Waals surface area contributed by atoms with Gasteiger partial charge in [0.2, 0.25) is 5.91 Å². The van der Waals surface area contributed by atoms with Crippen LogP contribution in [0.25, 0.3) is 10.9 Å². The first kappa shape index (κ1) is 14.8. The highest BCUT2D eigenvalue weighted by molar-refractivity contribution is 6.10. The fourth-order valence-corrected chi connectivity index (χ4v) is 3.09. The maximum atomic E-state index is 12.8. The number of ketones is 1. The summed E-state index contributed by atoms with van der Waals surface area (Å²) >= 11 is 0. The van der Waals surface area contributed by atoms with Crippen molar-refractivity contribution in [3.63, 3.8) is 0 Å². The maximum Gasteiger partial charge on any atom is 0.219 e. The zero-order chi connectivity index (χ0) is 15.7. The molecule has 0 saturated carbocycles. The Bertz CT molecular complexity index is 699. The van der Waals surface area contributed by atoms with Crippen LogP contribution in [0.5, 0.6) is 0 Å². The molecule has 1 fully saturated rings. The van der Waals surface area contributed by atoms with Gasteiger partial charge in [-0.05, 0) is 13.0 Å². The highest BCUT2D eigenvalue weighted by atomic mass is 16.2. The van der Waals surface area contributed by atoms with Crippen LogP contribution in [-0.2, 0) is 4.79 Å². The monoisotopic (exact) mass is 299 g/mol. The van der Waals surface area contributed by atoms with Gasteiger partial charge in [0, 0.05) is 55.8 Å². The lowest BCUT2D eigenvalue weighted by molar-refractivity contribution is -0.130. The first-order valence-electron chi connectivity index (χ1n) is 7.68. The van der Waals surface area contributed by atoms with Crippen LogP contribution in [0.1, 0.15) is 24.2 Å². The Hall–Kier alpha value is -2.14. The van der Waals surface area contributed by atoms with Crippen molar-refractivity contribution in [3.8, 4) is 0 Å². The van der Waals surface area contributed by atoms with Crippen LogP contribution in [0.3, 0.4) is 0 Å². The third-order valence-corrected chi connectivity index (χ3v) is 4.54. The highest BCUT2D eigenvalue weighted by Gasteiger charge is 2.28. The van der Waals surface area contributed by atoms with Gasteiger partial charge < -0.3 is 9.88 Å². The lowest BCUT2D eigenvalue weighted by Gasteiger charge is -2.37. The number of rotatable bonds is 3. The molecule has 2 heterocycles. The van der Waals surface area contributed by atoms with E-state index in [9.17, 15) is 9.59 Å². The summed E-state index contributed by atoms with van der Waals surface area (Å²) in [7, 11) is 0. The predicted octanol–water partition coefficient (Wildman–Crippen LogP) is 1.90. The summed E-state index contributed by atoms with van der Waals surface area (Å²) in [6.07, 6.45) is 1.80. The molecule has 5 nitrogen and oxygen atoms in total. The van der Waals surface area contributed by atoms with E-state index in [2.05, 4.69) is 9.88 Å². The summed E-state index contributed by atoms with van der Waals surface area (Å²) in [4.78, 5) is 31.3. The van der Waals surface area contributed by atoms with Crippen molar-refractivity contribution in [1.29, 1.82) is 0 Å². The Labute approximate surface area is 129 Å². The van der Waals surface area contributed by atoms with Gasteiger partial charge in [0.1, 0.15) is 0 Å². The molecule has 116 valence electrons. The van der Waals surface area contributed by atoms with Gasteiger partial charge in [0.15, 0.2) is 5.78 Å². The van der Waals surface area contributed by atoms with E-state index in [1.807, 2.05) is 36.1 Å². The van der Waals surface area contributed by atoms with Crippen molar-refractivity contribution >= 4 is 22.6 Å². The number of hydrogen-bond donors (Lipinski definition) is 1. The number of carbonyl (C=O) groups excluding carboxylic acids is 2. The van der Waals surface area contributed by atoms with E-state index in [0.717, 1.165) is 29.6 Å². The Balaban J connectivity index is 1.74. The summed E-state index contributed by atoms with van der Waals surface area (Å²) in [5.74, 6) is 0.240. The topological polar surface area (TPSA) is 56.4 Å². The molecule has 1 saturated heterocycles. The lowest BCUT2D eigenvalue weighted by atomic mass is 10.0. The smallest absolute Gasteiger partial charge is 0.219 e. The molecular weight excluding hydrogens is 278 g/mol. The highest BCUT2D eigenvalue weighted by Crippen LogP contribution is 2.21. The van der Waals surface area contributed by atoms with Crippen molar-refractivity contribution in [2.75, 3.05) is 26.2 Å². The molecule has 1 aliphatic rings. The third kappa shape index (κ3) is 2.64. The number of benzene rings is 1. The molecule has 0 unspecified atom stereocenters. The van der Waals surface area contributed by atoms with Crippen LogP contribution in [0.4, 0.5) is 0 Å². The number of carbonyl (C=O) groups is 2. The Kier molecular flexibility index (Phi) is 3.98. The second-order valence-electron chi connectivity index (χ2n) is 5.83. The van der Waals surface area contributed by atoms with Gasteiger partial charge in [-0.25, -0.2) is 0 Å². The molecule has 2 aromatic rings. The number of piperazine rings is 1. The average molecular weight is 299 g/mol. The molecule has 3 rings (SSSR count). The summed E-state index contributed by atoms with van der Waals surface area (Å²) in [5.41, 5.74) is 1.73. The van der Waals surface area contributed by atoms with E-state index in [1.54, 1.807) is 13.1 Å². The summed E-state index contributed by atoms with van der Waals surface area (Å²) in [6.45, 7) is 6.43. The van der Waals surface area contributed by atoms with Crippen LogP contribution >= 0.6 is 0 Å². The van der Waals surface area contributed by atoms with Gasteiger partial charge in [0.05, 0.1) is 6.04 Å². The van der Waals surface area contributed by atoms with E-state index < -0.39 is 0 Å². The predicted molar refractivity (Wildman–Crippen MR) is 85.9 cm³/mol. The van der Waals surface area contributed by atoms with Gasteiger partial charge in [-0.3, -0.25) is 14.5 Å². The Morgan fingerprint density at radius 3 is 2.50 bits per heavy atom. The van der Waals surface area contributed by atoms with E-state index in [-0.39, 0.29) is 17.7 Å². The number of nitrogens with one attached hydrogen (secondary N) is 1. The number of Topliss-reactive ketones (excluding diaryl/α,β-unsaturated/α-hetero) is 1. The molecule has 1 aromatic heterocycles. The van der Waals surface area contributed by atoms with Gasteiger partial charge >= 0.3 is 0 Å². The van der Waals surface area contributed by atoms with Crippen molar-refractivity contribution in [2.24, 2.45) is 0 Å². The minimum absolute atomic E-state index is 0.107. The zero-order valence-corrected chi connectivity index (χ0v) is 13.0. The van der Waals surface area contributed by atoms with Gasteiger partial charge in [-0.15, -0.1) is 0 Å². The van der Waals surface area contributed by atoms with Crippen molar-refractivity contribution in [2.45, 2.75) is 19.9 Å². The quantitative estimate of drug-likeness (QED) is 0.881. The molecule has 0 aliphatic carbocycles. The number of aromatic amines is 1. The van der Waals surface area contributed by atoms with Crippen molar-refractivity contribution in [1.82, 2.24) is 14.8 Å². The molecule has 1 amide bonds. The maximum absolute atomic E-state index is 12.8. The fraction of sp³-hybridized carbons (Fsp3) is 0.412. The van der Waals surface area contributed by atoms with Crippen LogP contribution < -0.4 is 0 Å². The first-order chi connectivity index (χ1) is 10.6. The van der Waals surface area contributed by atoms with E-state index in [4.69, 9.17) is 0 Å². The van der Waals surface area contributed by atoms with E-state index >= 15 is 0 Å². The number of amides is 1. The number of fused-ring (bicyclic) bond motifs is 1. The van der Waals surface area contributed by atoms with Gasteiger partial charge in [-0.2, -0.15) is 0 Å². The van der Waals surface area contributed by atoms with E-state index in [0.29, 0.717) is 13.1 Å². The molecule has 1 aliphatic heterocycles. The zero-order valence-electron chi connectivity index (χ0n) is 13.0. The molecular formula is C17H21N3O2. The van der Waals surface area contributed by atoms with Crippen molar-refractivity contribution in [3.05, 3.63) is 36.0 Å². The van der Waals surface area contributed by atoms with Crippen LogP contribution in [0.2, 0.25) is 0 Å². The average Bonchev–Trinajstić information content (AvgIpc) is 2.97. The second-order valence-corrected chi connectivity index (χ2v) is 5.83. The SMILES string of the molecule is CC(=O)N1CCN([C@@H](C)C(=O)c2c[nH]c3ccccc23)CC1. The van der Waals surface area contributed by atoms with Crippen LogP contribution in [-0.4, -0.2) is 58.7 Å². The molecule has 0 radical (unpaired) electrons. The Morgan fingerprint density at radius 1 is 1.14 bits per heavy atom. The molecule has 22 heavy (non-hydrogen) atoms. The molecule has 1 N–H and O–H groups in total. The standard InChI is InChI=1S/C17H21N3O2/c1-12(19-7-9-20(10-8-19)13(2)21)17(22)15-11-18-16-6-4-3-5-14(15)16/h3-6,11-12,18H,7-10H2,1-2H3/t12-/m0/s1. The van der Waals surface area contributed by atoms with Gasteiger partial charge in [-0.1, -0.05) is 18.2 Å². The van der Waals surface area contributed by atoms with Crippen LogP contribution in [0.15, 0.2) is 30.5 Å². The summed E-state index contributed by atoms with van der Waals surface area (Å²) < 4.78 is 0. The normalized spacial score (nSPS) is 17.6. The minimum atomic E-state index is -0.173. The third-order valence-electron chi connectivity index (χ3n) is 4.54. The fourth-order valence-electron chi connectivity index (χ4n) is 3.09. The summed E-state index contributed by atoms with van der Waals surface area (Å²) in [6, 6.07) is 7.68. The number of hydrogen-bond acceptors (Lipinski definition) is 3.